The number of rotatable bonds is 8. The van der Waals surface area contributed by atoms with Gasteiger partial charge in [-0.1, -0.05) is 0 Å². The van der Waals surface area contributed by atoms with E-state index in [0.717, 1.165) is 19.5 Å². The Morgan fingerprint density at radius 3 is 2.43 bits per heavy atom. The number of amides is 1. The van der Waals surface area contributed by atoms with E-state index >= 15 is 0 Å². The van der Waals surface area contributed by atoms with E-state index in [0.29, 0.717) is 13.0 Å². The number of carbonyl (C=O) groups is 1. The van der Waals surface area contributed by atoms with E-state index < -0.39 is 0 Å². The van der Waals surface area contributed by atoms with Gasteiger partial charge < -0.3 is 21.7 Å². The molecule has 0 rings (SSSR count). The van der Waals surface area contributed by atoms with Crippen molar-refractivity contribution in [3.63, 3.8) is 0 Å². The number of carbonyl (C=O) groups excluding carboxylic acids is 1. The van der Waals surface area contributed by atoms with Crippen LogP contribution in [0.3, 0.4) is 0 Å². The Morgan fingerprint density at radius 2 is 1.86 bits per heavy atom. The minimum atomic E-state index is -0.0444. The number of nitrogens with one attached hydrogen (secondary N) is 3. The molecule has 1 amide bonds. The smallest absolute Gasteiger partial charge is 0.221 e. The van der Waals surface area contributed by atoms with E-state index in [2.05, 4.69) is 16.0 Å². The molecule has 0 saturated heterocycles. The summed E-state index contributed by atoms with van der Waals surface area (Å²) in [5.74, 6) is 0.0313. The molecule has 84 valence electrons. The van der Waals surface area contributed by atoms with Crippen molar-refractivity contribution in [3.8, 4) is 0 Å². The summed E-state index contributed by atoms with van der Waals surface area (Å²) >= 11 is 0. The quantitative estimate of drug-likeness (QED) is 0.367. The molecule has 0 spiro atoms. The van der Waals surface area contributed by atoms with Gasteiger partial charge in [0, 0.05) is 25.6 Å². The minimum absolute atomic E-state index is 0.0313. The third-order valence-corrected chi connectivity index (χ3v) is 1.91. The molecule has 0 aliphatic heterocycles. The monoisotopic (exact) mass is 202 g/mol. The van der Waals surface area contributed by atoms with Crippen LogP contribution < -0.4 is 21.7 Å². The van der Waals surface area contributed by atoms with Crippen LogP contribution in [-0.2, 0) is 4.79 Å². The lowest BCUT2D eigenvalue weighted by atomic mass is 10.1. The van der Waals surface area contributed by atoms with Crippen molar-refractivity contribution in [2.45, 2.75) is 18.9 Å². The summed E-state index contributed by atoms with van der Waals surface area (Å²) in [5.41, 5.74) is 5.75. The fraction of sp³-hybridized carbons (Fsp3) is 0.889. The van der Waals surface area contributed by atoms with Gasteiger partial charge in [0.2, 0.25) is 5.91 Å². The molecule has 0 aliphatic rings. The van der Waals surface area contributed by atoms with Crippen molar-refractivity contribution in [2.24, 2.45) is 5.73 Å². The summed E-state index contributed by atoms with van der Waals surface area (Å²) in [7, 11) is 3.73. The largest absolute Gasteiger partial charge is 0.355 e. The molecule has 1 atom stereocenters. The highest BCUT2D eigenvalue weighted by Gasteiger charge is 2.07. The van der Waals surface area contributed by atoms with Crippen LogP contribution in [0.15, 0.2) is 0 Å². The lowest BCUT2D eigenvalue weighted by Crippen LogP contribution is -2.36. The molecule has 0 aliphatic carbocycles. The second kappa shape index (κ2) is 8.93. The van der Waals surface area contributed by atoms with E-state index in [1.54, 1.807) is 0 Å². The van der Waals surface area contributed by atoms with Gasteiger partial charge in [0.05, 0.1) is 0 Å². The summed E-state index contributed by atoms with van der Waals surface area (Å²) < 4.78 is 0. The predicted octanol–water partition coefficient (Wildman–Crippen LogP) is -1.35. The molecular weight excluding hydrogens is 180 g/mol. The van der Waals surface area contributed by atoms with Gasteiger partial charge in [-0.05, 0) is 27.1 Å². The summed E-state index contributed by atoms with van der Waals surface area (Å²) in [6, 6.07) is -0.0444. The van der Waals surface area contributed by atoms with Crippen molar-refractivity contribution in [2.75, 3.05) is 33.7 Å². The fourth-order valence-corrected chi connectivity index (χ4v) is 1.07. The summed E-state index contributed by atoms with van der Waals surface area (Å²) in [6.07, 6.45) is 1.24. The van der Waals surface area contributed by atoms with E-state index in [9.17, 15) is 4.79 Å². The van der Waals surface area contributed by atoms with E-state index in [4.69, 9.17) is 5.73 Å². The molecule has 0 fully saturated rings. The summed E-state index contributed by atoms with van der Waals surface area (Å²) in [6.45, 7) is 2.30. The van der Waals surface area contributed by atoms with Gasteiger partial charge in [-0.3, -0.25) is 4.79 Å². The van der Waals surface area contributed by atoms with E-state index in [1.165, 1.54) is 0 Å². The minimum Gasteiger partial charge on any atom is -0.355 e. The molecule has 0 radical (unpaired) electrons. The zero-order valence-corrected chi connectivity index (χ0v) is 9.10. The van der Waals surface area contributed by atoms with Gasteiger partial charge in [0.1, 0.15) is 0 Å². The zero-order chi connectivity index (χ0) is 10.8. The number of hydrogen-bond acceptors (Lipinski definition) is 4. The van der Waals surface area contributed by atoms with Crippen molar-refractivity contribution >= 4 is 5.91 Å². The maximum absolute atomic E-state index is 11.3. The van der Waals surface area contributed by atoms with Gasteiger partial charge >= 0.3 is 0 Å². The molecule has 0 aromatic heterocycles. The van der Waals surface area contributed by atoms with Crippen molar-refractivity contribution < 1.29 is 4.79 Å². The molecule has 0 bridgehead atoms. The average Bonchev–Trinajstić information content (AvgIpc) is 2.15. The van der Waals surface area contributed by atoms with Crippen molar-refractivity contribution in [3.05, 3.63) is 0 Å². The Kier molecular flexibility index (Phi) is 8.51. The van der Waals surface area contributed by atoms with Crippen LogP contribution in [-0.4, -0.2) is 45.7 Å². The highest BCUT2D eigenvalue weighted by molar-refractivity contribution is 5.76. The Balaban J connectivity index is 3.40. The molecule has 1 unspecified atom stereocenters. The topological polar surface area (TPSA) is 79.2 Å². The Morgan fingerprint density at radius 1 is 1.21 bits per heavy atom. The second-order valence-electron chi connectivity index (χ2n) is 3.31. The number of hydrogen-bond donors (Lipinski definition) is 4. The van der Waals surface area contributed by atoms with Crippen LogP contribution >= 0.6 is 0 Å². The molecule has 5 N–H and O–H groups in total. The SMILES string of the molecule is CNCCNC(=O)CC(N)CCNC. The normalized spacial score (nSPS) is 12.5. The Hall–Kier alpha value is -0.650. The fourth-order valence-electron chi connectivity index (χ4n) is 1.07. The standard InChI is InChI=1S/C9H22N4O/c1-11-4-3-8(10)7-9(14)13-6-5-12-2/h8,11-12H,3-7,10H2,1-2H3,(H,13,14). The van der Waals surface area contributed by atoms with Gasteiger partial charge in [-0.15, -0.1) is 0 Å². The first-order chi connectivity index (χ1) is 6.70. The van der Waals surface area contributed by atoms with Crippen LogP contribution in [0.1, 0.15) is 12.8 Å². The third kappa shape index (κ3) is 7.97. The first-order valence-corrected chi connectivity index (χ1v) is 5.02. The van der Waals surface area contributed by atoms with Crippen LogP contribution in [0, 0.1) is 0 Å². The highest BCUT2D eigenvalue weighted by atomic mass is 16.1. The molecule has 14 heavy (non-hydrogen) atoms. The van der Waals surface area contributed by atoms with Crippen LogP contribution in [0.2, 0.25) is 0 Å². The molecule has 5 heteroatoms. The zero-order valence-electron chi connectivity index (χ0n) is 9.10. The molecule has 0 saturated carbocycles. The third-order valence-electron chi connectivity index (χ3n) is 1.91. The molecule has 0 aromatic carbocycles. The van der Waals surface area contributed by atoms with Crippen LogP contribution in [0.4, 0.5) is 0 Å². The van der Waals surface area contributed by atoms with Crippen LogP contribution in [0.5, 0.6) is 0 Å². The van der Waals surface area contributed by atoms with Gasteiger partial charge in [0.15, 0.2) is 0 Å². The first-order valence-electron chi connectivity index (χ1n) is 5.02. The van der Waals surface area contributed by atoms with E-state index in [1.807, 2.05) is 14.1 Å². The number of nitrogens with two attached hydrogens (primary N) is 1. The van der Waals surface area contributed by atoms with E-state index in [-0.39, 0.29) is 11.9 Å². The average molecular weight is 202 g/mol. The molecule has 0 heterocycles. The van der Waals surface area contributed by atoms with Crippen molar-refractivity contribution in [1.82, 2.24) is 16.0 Å². The molecule has 0 aromatic rings. The lowest BCUT2D eigenvalue weighted by Gasteiger charge is -2.11. The Labute approximate surface area is 85.8 Å². The lowest BCUT2D eigenvalue weighted by molar-refractivity contribution is -0.121. The summed E-state index contributed by atoms with van der Waals surface area (Å²) in [5, 5.41) is 8.75. The molecular formula is C9H22N4O. The predicted molar refractivity (Wildman–Crippen MR) is 58.1 cm³/mol. The second-order valence-corrected chi connectivity index (χ2v) is 3.31. The van der Waals surface area contributed by atoms with Crippen molar-refractivity contribution in [1.29, 1.82) is 0 Å². The molecule has 5 nitrogen and oxygen atoms in total. The van der Waals surface area contributed by atoms with Crippen LogP contribution in [0.25, 0.3) is 0 Å². The maximum Gasteiger partial charge on any atom is 0.221 e. The van der Waals surface area contributed by atoms with Gasteiger partial charge in [-0.2, -0.15) is 0 Å². The first kappa shape index (κ1) is 13.4. The maximum atomic E-state index is 11.3. The highest BCUT2D eigenvalue weighted by Crippen LogP contribution is 1.92. The van der Waals surface area contributed by atoms with Gasteiger partial charge in [0.25, 0.3) is 0 Å². The van der Waals surface area contributed by atoms with Gasteiger partial charge in [-0.25, -0.2) is 0 Å². The summed E-state index contributed by atoms with van der Waals surface area (Å²) in [4.78, 5) is 11.3. The number of likely N-dealkylation sites (N-methyl/N-ethyl adjacent to an activating group) is 1. The Bertz CT molecular complexity index is 152.